The van der Waals surface area contributed by atoms with Gasteiger partial charge < -0.3 is 24.0 Å². The van der Waals surface area contributed by atoms with Crippen molar-refractivity contribution in [3.8, 4) is 0 Å². The molecule has 0 rings (SSSR count). The van der Waals surface area contributed by atoms with Gasteiger partial charge in [-0.2, -0.15) is 0 Å². The second-order valence-electron chi connectivity index (χ2n) is 13.1. The Hall–Kier alpha value is -1.52. The number of carboxylic acids is 1. The minimum absolute atomic E-state index is 0.00229. The summed E-state index contributed by atoms with van der Waals surface area (Å²) in [5.74, 6) is -1.75. The second kappa shape index (κ2) is 27.6. The topological polar surface area (TPSA) is 146 Å². The first-order valence-electron chi connectivity index (χ1n) is 17.3. The maximum Gasteiger partial charge on any atom is 0.472 e. The van der Waals surface area contributed by atoms with Crippen LogP contribution in [0.4, 0.5) is 0 Å². The summed E-state index contributed by atoms with van der Waals surface area (Å²) in [6.07, 6.45) is 18.7. The summed E-state index contributed by atoms with van der Waals surface area (Å²) in [6.45, 7) is 1.99. The van der Waals surface area contributed by atoms with Crippen molar-refractivity contribution in [1.82, 2.24) is 0 Å². The maximum absolute atomic E-state index is 12.4. The number of esters is 2. The molecule has 45 heavy (non-hydrogen) atoms. The predicted molar refractivity (Wildman–Crippen MR) is 176 cm³/mol. The van der Waals surface area contributed by atoms with Crippen molar-refractivity contribution < 1.29 is 52.0 Å². The van der Waals surface area contributed by atoms with Crippen molar-refractivity contribution in [2.24, 2.45) is 0 Å². The predicted octanol–water partition coefficient (Wildman–Crippen LogP) is 7.58. The molecule has 0 spiro atoms. The van der Waals surface area contributed by atoms with E-state index >= 15 is 0 Å². The van der Waals surface area contributed by atoms with E-state index in [4.69, 9.17) is 23.6 Å². The third kappa shape index (κ3) is 32.2. The number of hydrogen-bond donors (Lipinski definition) is 2. The van der Waals surface area contributed by atoms with Gasteiger partial charge in [0.05, 0.1) is 27.7 Å². The number of carboxylic acid groups (broad SMARTS) is 1. The zero-order chi connectivity index (χ0) is 33.8. The van der Waals surface area contributed by atoms with E-state index in [-0.39, 0.29) is 32.5 Å². The highest BCUT2D eigenvalue weighted by Crippen LogP contribution is 2.43. The van der Waals surface area contributed by atoms with Crippen molar-refractivity contribution in [2.45, 2.75) is 148 Å². The average Bonchev–Trinajstić information content (AvgIpc) is 2.95. The fraction of sp³-hybridized carbons (Fsp3) is 0.909. The van der Waals surface area contributed by atoms with Gasteiger partial charge >= 0.3 is 25.7 Å². The van der Waals surface area contributed by atoms with Crippen LogP contribution in [-0.2, 0) is 37.5 Å². The molecule has 0 aliphatic carbocycles. The molecule has 1 unspecified atom stereocenters. The number of ether oxygens (including phenoxy) is 2. The molecule has 2 atom stereocenters. The molecule has 12 heteroatoms. The van der Waals surface area contributed by atoms with E-state index in [1.807, 2.05) is 21.1 Å². The summed E-state index contributed by atoms with van der Waals surface area (Å²) >= 11 is 0. The van der Waals surface area contributed by atoms with Gasteiger partial charge in [0.1, 0.15) is 19.8 Å². The van der Waals surface area contributed by atoms with Gasteiger partial charge in [-0.25, -0.2) is 4.57 Å². The SMILES string of the molecule is CCCCCCCCCCCCCCCC(=O)OC[C@@H](COP(=O)(O)OCC[N+](C)(C)C)OC(=O)CCCCCCCC(=O)O. The fourth-order valence-corrected chi connectivity index (χ4v) is 5.37. The minimum Gasteiger partial charge on any atom is -0.481 e. The second-order valence-corrected chi connectivity index (χ2v) is 14.5. The number of aliphatic carboxylic acids is 1. The van der Waals surface area contributed by atoms with E-state index in [9.17, 15) is 23.8 Å². The normalized spacial score (nSPS) is 13.7. The van der Waals surface area contributed by atoms with Crippen LogP contribution in [0.3, 0.4) is 0 Å². The highest BCUT2D eigenvalue weighted by Gasteiger charge is 2.27. The molecule has 0 aliphatic rings. The molecule has 266 valence electrons. The molecule has 0 heterocycles. The third-order valence-electron chi connectivity index (χ3n) is 7.42. The molecule has 0 saturated heterocycles. The summed E-state index contributed by atoms with van der Waals surface area (Å²) in [6, 6.07) is 0. The zero-order valence-corrected chi connectivity index (χ0v) is 29.7. The number of unbranched alkanes of at least 4 members (excludes halogenated alkanes) is 16. The smallest absolute Gasteiger partial charge is 0.472 e. The molecule has 0 aromatic heterocycles. The van der Waals surface area contributed by atoms with Crippen molar-refractivity contribution in [3.63, 3.8) is 0 Å². The van der Waals surface area contributed by atoms with Crippen LogP contribution in [0.1, 0.15) is 142 Å². The lowest BCUT2D eigenvalue weighted by Crippen LogP contribution is -2.37. The Morgan fingerprint density at radius 3 is 1.56 bits per heavy atom. The van der Waals surface area contributed by atoms with Crippen molar-refractivity contribution in [2.75, 3.05) is 47.5 Å². The lowest BCUT2D eigenvalue weighted by Gasteiger charge is -2.24. The van der Waals surface area contributed by atoms with Gasteiger partial charge in [0, 0.05) is 19.3 Å². The molecular weight excluding hydrogens is 601 g/mol. The number of carbonyl (C=O) groups is 3. The third-order valence-corrected chi connectivity index (χ3v) is 8.41. The molecule has 0 saturated carbocycles. The number of nitrogens with zero attached hydrogens (tertiary/aromatic N) is 1. The Morgan fingerprint density at radius 1 is 0.644 bits per heavy atom. The van der Waals surface area contributed by atoms with Crippen LogP contribution in [0.15, 0.2) is 0 Å². The van der Waals surface area contributed by atoms with Crippen LogP contribution in [0.25, 0.3) is 0 Å². The average molecular weight is 667 g/mol. The van der Waals surface area contributed by atoms with Gasteiger partial charge in [-0.3, -0.25) is 23.4 Å². The zero-order valence-electron chi connectivity index (χ0n) is 28.8. The van der Waals surface area contributed by atoms with Gasteiger partial charge in [0.25, 0.3) is 0 Å². The van der Waals surface area contributed by atoms with Crippen LogP contribution in [0, 0.1) is 0 Å². The Morgan fingerprint density at radius 2 is 1.09 bits per heavy atom. The largest absolute Gasteiger partial charge is 0.481 e. The number of phosphoric acid groups is 1. The van der Waals surface area contributed by atoms with Gasteiger partial charge in [-0.15, -0.1) is 0 Å². The molecule has 0 aliphatic heterocycles. The van der Waals surface area contributed by atoms with Crippen LogP contribution in [0.5, 0.6) is 0 Å². The van der Waals surface area contributed by atoms with Gasteiger partial charge in [0.2, 0.25) is 0 Å². The Labute approximate surface area is 272 Å². The maximum atomic E-state index is 12.4. The molecule has 2 N–H and O–H groups in total. The highest BCUT2D eigenvalue weighted by atomic mass is 31.2. The summed E-state index contributed by atoms with van der Waals surface area (Å²) < 4.78 is 33.7. The number of quaternary nitrogens is 1. The molecule has 0 radical (unpaired) electrons. The Bertz CT molecular complexity index is 818. The Balaban J connectivity index is 4.42. The first-order chi connectivity index (χ1) is 21.3. The van der Waals surface area contributed by atoms with Crippen molar-refractivity contribution in [3.05, 3.63) is 0 Å². The molecule has 0 fully saturated rings. The van der Waals surface area contributed by atoms with E-state index in [0.717, 1.165) is 38.5 Å². The summed E-state index contributed by atoms with van der Waals surface area (Å²) in [7, 11) is 1.37. The number of carbonyl (C=O) groups excluding carboxylic acids is 2. The van der Waals surface area contributed by atoms with Gasteiger partial charge in [-0.1, -0.05) is 103 Å². The van der Waals surface area contributed by atoms with Crippen LogP contribution in [-0.4, -0.2) is 86.0 Å². The molecule has 0 aromatic carbocycles. The first-order valence-corrected chi connectivity index (χ1v) is 18.8. The van der Waals surface area contributed by atoms with Gasteiger partial charge in [0.15, 0.2) is 6.10 Å². The summed E-state index contributed by atoms with van der Waals surface area (Å²) in [5.41, 5.74) is 0. The molecular formula is C33H65NO10P+. The minimum atomic E-state index is -4.39. The first kappa shape index (κ1) is 43.5. The van der Waals surface area contributed by atoms with Crippen LogP contribution < -0.4 is 0 Å². The van der Waals surface area contributed by atoms with Gasteiger partial charge in [-0.05, 0) is 19.3 Å². The lowest BCUT2D eigenvalue weighted by molar-refractivity contribution is -0.870. The van der Waals surface area contributed by atoms with Crippen LogP contribution >= 0.6 is 7.82 Å². The number of likely N-dealkylation sites (N-methyl/N-ethyl adjacent to an activating group) is 1. The quantitative estimate of drug-likeness (QED) is 0.0319. The Kier molecular flexibility index (Phi) is 26.6. The summed E-state index contributed by atoms with van der Waals surface area (Å²) in [5, 5.41) is 8.70. The number of rotatable bonds is 32. The molecule has 0 aromatic rings. The van der Waals surface area contributed by atoms with Crippen molar-refractivity contribution >= 4 is 25.7 Å². The molecule has 0 amide bonds. The number of hydrogen-bond acceptors (Lipinski definition) is 8. The van der Waals surface area contributed by atoms with E-state index in [1.165, 1.54) is 64.2 Å². The lowest BCUT2D eigenvalue weighted by atomic mass is 10.0. The highest BCUT2D eigenvalue weighted by molar-refractivity contribution is 7.47. The van der Waals surface area contributed by atoms with E-state index < -0.39 is 38.4 Å². The van der Waals surface area contributed by atoms with E-state index in [2.05, 4.69) is 6.92 Å². The standard InChI is InChI=1S/C33H64NO10P/c1-5-6-7-8-9-10-11-12-13-14-15-18-21-24-32(37)41-28-30(29-43-45(39,40)42-27-26-34(2,3)4)44-33(38)25-22-19-16-17-20-23-31(35)36/h30H,5-29H2,1-4H3,(H-,35,36,39,40)/p+1/t30-/m0/s1. The molecule has 11 nitrogen and oxygen atoms in total. The monoisotopic (exact) mass is 666 g/mol. The molecule has 0 bridgehead atoms. The van der Waals surface area contributed by atoms with Crippen molar-refractivity contribution in [1.29, 1.82) is 0 Å². The van der Waals surface area contributed by atoms with Crippen LogP contribution in [0.2, 0.25) is 0 Å². The number of phosphoric ester groups is 1. The summed E-state index contributed by atoms with van der Waals surface area (Å²) in [4.78, 5) is 45.4. The van der Waals surface area contributed by atoms with E-state index in [1.54, 1.807) is 0 Å². The fourth-order valence-electron chi connectivity index (χ4n) is 4.63. The van der Waals surface area contributed by atoms with E-state index in [0.29, 0.717) is 23.9 Å².